The molecular formula is C15H18N2O3. The normalized spacial score (nSPS) is 13.9. The summed E-state index contributed by atoms with van der Waals surface area (Å²) in [5.41, 5.74) is 0.880. The van der Waals surface area contributed by atoms with Crippen LogP contribution in [0.4, 0.5) is 5.82 Å². The first-order chi connectivity index (χ1) is 9.47. The van der Waals surface area contributed by atoms with Gasteiger partial charge in [-0.15, -0.1) is 0 Å². The number of aliphatic hydroxyl groups excluding tert-OH is 1. The highest BCUT2D eigenvalue weighted by atomic mass is 16.4. The van der Waals surface area contributed by atoms with E-state index in [2.05, 4.69) is 10.3 Å². The minimum absolute atomic E-state index is 0.0678. The molecule has 2 aromatic rings. The van der Waals surface area contributed by atoms with E-state index in [1.807, 2.05) is 31.2 Å². The molecule has 0 aliphatic carbocycles. The average Bonchev–Trinajstić information content (AvgIpc) is 2.36. The highest BCUT2D eigenvalue weighted by Crippen LogP contribution is 2.21. The maximum absolute atomic E-state index is 11.3. The molecule has 5 heteroatoms. The molecule has 5 nitrogen and oxygen atoms in total. The van der Waals surface area contributed by atoms with Crippen LogP contribution in [-0.2, 0) is 0 Å². The van der Waals surface area contributed by atoms with Gasteiger partial charge in [-0.25, -0.2) is 9.78 Å². The third-order valence-electron chi connectivity index (χ3n) is 3.03. The number of pyridine rings is 1. The van der Waals surface area contributed by atoms with Crippen LogP contribution >= 0.6 is 0 Å². The van der Waals surface area contributed by atoms with Crippen molar-refractivity contribution in [1.82, 2.24) is 4.98 Å². The fourth-order valence-corrected chi connectivity index (χ4v) is 2.19. The van der Waals surface area contributed by atoms with Crippen LogP contribution in [0.2, 0.25) is 0 Å². The summed E-state index contributed by atoms with van der Waals surface area (Å²) >= 11 is 0. The van der Waals surface area contributed by atoms with Crippen molar-refractivity contribution in [2.24, 2.45) is 0 Å². The number of hydrogen-bond acceptors (Lipinski definition) is 4. The highest BCUT2D eigenvalue weighted by molar-refractivity contribution is 5.98. The van der Waals surface area contributed by atoms with E-state index >= 15 is 0 Å². The summed E-state index contributed by atoms with van der Waals surface area (Å²) in [4.78, 5) is 15.7. The Morgan fingerprint density at radius 3 is 2.70 bits per heavy atom. The van der Waals surface area contributed by atoms with Crippen molar-refractivity contribution >= 4 is 22.7 Å². The van der Waals surface area contributed by atoms with Crippen LogP contribution < -0.4 is 5.32 Å². The van der Waals surface area contributed by atoms with Gasteiger partial charge in [-0.3, -0.25) is 0 Å². The molecular weight excluding hydrogens is 256 g/mol. The van der Waals surface area contributed by atoms with Gasteiger partial charge in [-0.05, 0) is 32.4 Å². The quantitative estimate of drug-likeness (QED) is 0.780. The molecule has 0 saturated heterocycles. The highest BCUT2D eigenvalue weighted by Gasteiger charge is 2.15. The van der Waals surface area contributed by atoms with E-state index in [1.165, 1.54) is 0 Å². The van der Waals surface area contributed by atoms with E-state index in [0.29, 0.717) is 12.2 Å². The van der Waals surface area contributed by atoms with E-state index in [0.717, 1.165) is 10.9 Å². The summed E-state index contributed by atoms with van der Waals surface area (Å²) in [5.74, 6) is -0.681. The minimum atomic E-state index is -1.02. The first-order valence-corrected chi connectivity index (χ1v) is 6.55. The van der Waals surface area contributed by atoms with Crippen molar-refractivity contribution in [2.75, 3.05) is 5.32 Å². The lowest BCUT2D eigenvalue weighted by Gasteiger charge is -2.17. The SMILES string of the molecule is CC(O)CC(C)Nc1nc2ccccc2cc1C(=O)O. The molecule has 2 rings (SSSR count). The number of aliphatic hydroxyl groups is 1. The zero-order valence-corrected chi connectivity index (χ0v) is 11.5. The Kier molecular flexibility index (Phi) is 4.20. The lowest BCUT2D eigenvalue weighted by Crippen LogP contribution is -2.22. The summed E-state index contributed by atoms with van der Waals surface area (Å²) < 4.78 is 0. The predicted molar refractivity (Wildman–Crippen MR) is 78.1 cm³/mol. The lowest BCUT2D eigenvalue weighted by atomic mass is 10.1. The topological polar surface area (TPSA) is 82.5 Å². The number of para-hydroxylation sites is 1. The second-order valence-corrected chi connectivity index (χ2v) is 5.01. The number of nitrogens with one attached hydrogen (secondary N) is 1. The Balaban J connectivity index is 2.39. The van der Waals surface area contributed by atoms with Crippen LogP contribution in [-0.4, -0.2) is 33.3 Å². The molecule has 0 aliphatic heterocycles. The molecule has 0 saturated carbocycles. The summed E-state index contributed by atoms with van der Waals surface area (Å²) in [6.45, 7) is 3.58. The average molecular weight is 274 g/mol. The van der Waals surface area contributed by atoms with Crippen molar-refractivity contribution in [2.45, 2.75) is 32.4 Å². The summed E-state index contributed by atoms with van der Waals surface area (Å²) in [6, 6.07) is 8.92. The predicted octanol–water partition coefficient (Wildman–Crippen LogP) is 2.50. The molecule has 2 atom stereocenters. The molecule has 0 fully saturated rings. The summed E-state index contributed by atoms with van der Waals surface area (Å²) in [5, 5.41) is 22.5. The maximum Gasteiger partial charge on any atom is 0.339 e. The zero-order valence-electron chi connectivity index (χ0n) is 11.5. The van der Waals surface area contributed by atoms with E-state index in [4.69, 9.17) is 0 Å². The molecule has 0 spiro atoms. The number of hydrogen-bond donors (Lipinski definition) is 3. The van der Waals surface area contributed by atoms with Gasteiger partial charge in [0.2, 0.25) is 0 Å². The van der Waals surface area contributed by atoms with Gasteiger partial charge >= 0.3 is 5.97 Å². The monoisotopic (exact) mass is 274 g/mol. The van der Waals surface area contributed by atoms with Gasteiger partial charge in [0, 0.05) is 11.4 Å². The Morgan fingerprint density at radius 2 is 2.05 bits per heavy atom. The van der Waals surface area contributed by atoms with Gasteiger partial charge < -0.3 is 15.5 Å². The molecule has 2 unspecified atom stereocenters. The van der Waals surface area contributed by atoms with Crippen molar-refractivity contribution in [3.8, 4) is 0 Å². The van der Waals surface area contributed by atoms with E-state index in [-0.39, 0.29) is 11.6 Å². The number of aromatic nitrogens is 1. The molecule has 0 bridgehead atoms. The third kappa shape index (κ3) is 3.24. The smallest absolute Gasteiger partial charge is 0.339 e. The fraction of sp³-hybridized carbons (Fsp3) is 0.333. The molecule has 106 valence electrons. The zero-order chi connectivity index (χ0) is 14.7. The minimum Gasteiger partial charge on any atom is -0.478 e. The standard InChI is InChI=1S/C15H18N2O3/c1-9(7-10(2)18)16-14-12(15(19)20)8-11-5-3-4-6-13(11)17-14/h3-6,8-10,18H,7H2,1-2H3,(H,16,17)(H,19,20). The molecule has 0 amide bonds. The molecule has 3 N–H and O–H groups in total. The summed E-state index contributed by atoms with van der Waals surface area (Å²) in [6.07, 6.45) is 0.0688. The van der Waals surface area contributed by atoms with Crippen LogP contribution in [0.25, 0.3) is 10.9 Å². The molecule has 1 heterocycles. The van der Waals surface area contributed by atoms with Crippen molar-refractivity contribution in [1.29, 1.82) is 0 Å². The van der Waals surface area contributed by atoms with Crippen LogP contribution in [0.5, 0.6) is 0 Å². The second kappa shape index (κ2) is 5.88. The number of nitrogens with zero attached hydrogens (tertiary/aromatic N) is 1. The Hall–Kier alpha value is -2.14. The number of fused-ring (bicyclic) bond motifs is 1. The molecule has 20 heavy (non-hydrogen) atoms. The van der Waals surface area contributed by atoms with Gasteiger partial charge in [0.1, 0.15) is 11.4 Å². The molecule has 1 aromatic carbocycles. The van der Waals surface area contributed by atoms with Crippen LogP contribution in [0.15, 0.2) is 30.3 Å². The van der Waals surface area contributed by atoms with Crippen LogP contribution in [0.1, 0.15) is 30.6 Å². The molecule has 0 aliphatic rings. The van der Waals surface area contributed by atoms with Gasteiger partial charge in [0.05, 0.1) is 11.6 Å². The van der Waals surface area contributed by atoms with Crippen LogP contribution in [0.3, 0.4) is 0 Å². The Bertz CT molecular complexity index is 626. The maximum atomic E-state index is 11.3. The first kappa shape index (κ1) is 14.3. The van der Waals surface area contributed by atoms with Crippen LogP contribution in [0, 0.1) is 0 Å². The lowest BCUT2D eigenvalue weighted by molar-refractivity contribution is 0.0697. The molecule has 0 radical (unpaired) electrons. The van der Waals surface area contributed by atoms with Crippen molar-refractivity contribution < 1.29 is 15.0 Å². The van der Waals surface area contributed by atoms with E-state index < -0.39 is 12.1 Å². The summed E-state index contributed by atoms with van der Waals surface area (Å²) in [7, 11) is 0. The van der Waals surface area contributed by atoms with Gasteiger partial charge in [0.15, 0.2) is 0 Å². The largest absolute Gasteiger partial charge is 0.478 e. The van der Waals surface area contributed by atoms with Gasteiger partial charge in [-0.1, -0.05) is 18.2 Å². The first-order valence-electron chi connectivity index (χ1n) is 6.55. The van der Waals surface area contributed by atoms with Gasteiger partial charge in [-0.2, -0.15) is 0 Å². The van der Waals surface area contributed by atoms with Crippen molar-refractivity contribution in [3.63, 3.8) is 0 Å². The van der Waals surface area contributed by atoms with Gasteiger partial charge in [0.25, 0.3) is 0 Å². The third-order valence-corrected chi connectivity index (χ3v) is 3.03. The number of aromatic carboxylic acids is 1. The number of carboxylic acids is 1. The second-order valence-electron chi connectivity index (χ2n) is 5.01. The number of rotatable bonds is 5. The van der Waals surface area contributed by atoms with Crippen molar-refractivity contribution in [3.05, 3.63) is 35.9 Å². The Labute approximate surface area is 117 Å². The number of carboxylic acid groups (broad SMARTS) is 1. The van der Waals surface area contributed by atoms with E-state index in [1.54, 1.807) is 13.0 Å². The number of carbonyl (C=O) groups is 1. The fourth-order valence-electron chi connectivity index (χ4n) is 2.19. The number of anilines is 1. The number of benzene rings is 1. The Morgan fingerprint density at radius 1 is 1.35 bits per heavy atom. The van der Waals surface area contributed by atoms with E-state index in [9.17, 15) is 15.0 Å². The molecule has 1 aromatic heterocycles.